The summed E-state index contributed by atoms with van der Waals surface area (Å²) in [5.41, 5.74) is 5.24. The van der Waals surface area contributed by atoms with Crippen molar-refractivity contribution in [3.8, 4) is 0 Å². The number of thioether (sulfide) groups is 1. The fraction of sp³-hybridized carbons (Fsp3) is 0.833. The minimum absolute atomic E-state index is 0.517. The Kier molecular flexibility index (Phi) is 5.43. The predicted molar refractivity (Wildman–Crippen MR) is 43.2 cm³/mol. The van der Waals surface area contributed by atoms with Crippen LogP contribution in [-0.2, 0) is 4.79 Å². The average molecular weight is 163 g/mol. The molecule has 0 fully saturated rings. The lowest BCUT2D eigenvalue weighted by Gasteiger charge is -2.03. The number of carboxylic acid groups (broad SMARTS) is 1. The molecule has 0 aliphatic rings. The monoisotopic (exact) mass is 163 g/mol. The van der Waals surface area contributed by atoms with Crippen LogP contribution >= 0.6 is 11.8 Å². The normalized spacial score (nSPS) is 13.0. The van der Waals surface area contributed by atoms with Gasteiger partial charge in [-0.15, -0.1) is 0 Å². The van der Waals surface area contributed by atoms with Gasteiger partial charge in [0.05, 0.1) is 0 Å². The van der Waals surface area contributed by atoms with Crippen molar-refractivity contribution < 1.29 is 9.90 Å². The van der Waals surface area contributed by atoms with Crippen molar-refractivity contribution in [2.45, 2.75) is 19.4 Å². The van der Waals surface area contributed by atoms with Crippen molar-refractivity contribution >= 4 is 17.7 Å². The molecule has 0 saturated heterocycles. The Labute approximate surface area is 65.0 Å². The smallest absolute Gasteiger partial charge is 0.321 e. The molecule has 0 amide bonds. The molecule has 0 aromatic heterocycles. The lowest BCUT2D eigenvalue weighted by atomic mass is 10.4. The van der Waals surface area contributed by atoms with E-state index in [1.165, 1.54) is 0 Å². The molecule has 0 radical (unpaired) electrons. The molecular weight excluding hydrogens is 150 g/mol. The van der Waals surface area contributed by atoms with Crippen LogP contribution in [0.1, 0.15) is 13.3 Å². The number of nitrogens with two attached hydrogens (primary N) is 1. The minimum atomic E-state index is -0.913. The third kappa shape index (κ3) is 4.64. The minimum Gasteiger partial charge on any atom is -0.480 e. The lowest BCUT2D eigenvalue weighted by Crippen LogP contribution is -2.32. The highest BCUT2D eigenvalue weighted by Gasteiger charge is 2.09. The highest BCUT2D eigenvalue weighted by molar-refractivity contribution is 7.99. The SMILES string of the molecule is CCCSCC(N)C(=O)O. The molecule has 0 bridgehead atoms. The van der Waals surface area contributed by atoms with E-state index in [9.17, 15) is 4.79 Å². The maximum Gasteiger partial charge on any atom is 0.321 e. The molecule has 1 atom stereocenters. The maximum atomic E-state index is 10.2. The van der Waals surface area contributed by atoms with E-state index >= 15 is 0 Å². The van der Waals surface area contributed by atoms with Gasteiger partial charge in [-0.05, 0) is 12.2 Å². The van der Waals surface area contributed by atoms with E-state index < -0.39 is 12.0 Å². The summed E-state index contributed by atoms with van der Waals surface area (Å²) in [6.07, 6.45) is 1.07. The molecule has 4 heteroatoms. The molecule has 1 unspecified atom stereocenters. The van der Waals surface area contributed by atoms with Gasteiger partial charge in [0, 0.05) is 5.75 Å². The second kappa shape index (κ2) is 5.56. The molecule has 0 aromatic rings. The first kappa shape index (κ1) is 9.78. The first-order chi connectivity index (χ1) is 4.68. The summed E-state index contributed by atoms with van der Waals surface area (Å²) in [4.78, 5) is 10.2. The molecule has 3 nitrogen and oxygen atoms in total. The van der Waals surface area contributed by atoms with Gasteiger partial charge >= 0.3 is 5.97 Å². The Hall–Kier alpha value is -0.220. The first-order valence-electron chi connectivity index (χ1n) is 3.24. The van der Waals surface area contributed by atoms with Crippen LogP contribution in [0, 0.1) is 0 Å². The number of hydrogen-bond donors (Lipinski definition) is 2. The van der Waals surface area contributed by atoms with E-state index in [0.717, 1.165) is 12.2 Å². The van der Waals surface area contributed by atoms with Crippen molar-refractivity contribution in [3.63, 3.8) is 0 Å². The summed E-state index contributed by atoms with van der Waals surface area (Å²) in [6, 6.07) is -0.698. The van der Waals surface area contributed by atoms with Crippen LogP contribution in [0.25, 0.3) is 0 Å². The molecule has 0 rings (SSSR count). The van der Waals surface area contributed by atoms with E-state index in [1.54, 1.807) is 11.8 Å². The summed E-state index contributed by atoms with van der Waals surface area (Å²) in [7, 11) is 0. The van der Waals surface area contributed by atoms with Crippen molar-refractivity contribution in [1.29, 1.82) is 0 Å². The van der Waals surface area contributed by atoms with Gasteiger partial charge in [-0.3, -0.25) is 4.79 Å². The number of aliphatic carboxylic acids is 1. The third-order valence-electron chi connectivity index (χ3n) is 0.963. The van der Waals surface area contributed by atoms with Crippen molar-refractivity contribution in [2.24, 2.45) is 5.73 Å². The topological polar surface area (TPSA) is 63.3 Å². The Morgan fingerprint density at radius 3 is 2.80 bits per heavy atom. The van der Waals surface area contributed by atoms with Crippen LogP contribution in [0.4, 0.5) is 0 Å². The summed E-state index contributed by atoms with van der Waals surface area (Å²) in [5, 5.41) is 8.34. The Morgan fingerprint density at radius 1 is 1.80 bits per heavy atom. The van der Waals surface area contributed by atoms with Crippen LogP contribution in [-0.4, -0.2) is 28.6 Å². The van der Waals surface area contributed by atoms with E-state index in [2.05, 4.69) is 6.92 Å². The molecule has 0 spiro atoms. The van der Waals surface area contributed by atoms with Crippen LogP contribution < -0.4 is 5.73 Å². The second-order valence-electron chi connectivity index (χ2n) is 2.02. The van der Waals surface area contributed by atoms with Crippen LogP contribution in [0.15, 0.2) is 0 Å². The first-order valence-corrected chi connectivity index (χ1v) is 4.40. The maximum absolute atomic E-state index is 10.2. The van der Waals surface area contributed by atoms with Gasteiger partial charge in [0.25, 0.3) is 0 Å². The summed E-state index contributed by atoms with van der Waals surface area (Å²) >= 11 is 1.58. The molecule has 0 aliphatic heterocycles. The van der Waals surface area contributed by atoms with Crippen molar-refractivity contribution in [3.05, 3.63) is 0 Å². The molecule has 10 heavy (non-hydrogen) atoms. The quantitative estimate of drug-likeness (QED) is 0.581. The number of rotatable bonds is 5. The molecule has 60 valence electrons. The lowest BCUT2D eigenvalue weighted by molar-refractivity contribution is -0.137. The van der Waals surface area contributed by atoms with Crippen LogP contribution in [0.2, 0.25) is 0 Å². The Morgan fingerprint density at radius 2 is 2.40 bits per heavy atom. The average Bonchev–Trinajstić information content (AvgIpc) is 1.88. The van der Waals surface area contributed by atoms with Crippen LogP contribution in [0.3, 0.4) is 0 Å². The van der Waals surface area contributed by atoms with Gasteiger partial charge in [-0.1, -0.05) is 6.92 Å². The molecule has 0 saturated carbocycles. The summed E-state index contributed by atoms with van der Waals surface area (Å²) in [6.45, 7) is 2.05. The van der Waals surface area contributed by atoms with Gasteiger partial charge < -0.3 is 10.8 Å². The van der Waals surface area contributed by atoms with E-state index in [0.29, 0.717) is 5.75 Å². The van der Waals surface area contributed by atoms with E-state index in [4.69, 9.17) is 10.8 Å². The zero-order valence-electron chi connectivity index (χ0n) is 6.04. The van der Waals surface area contributed by atoms with Gasteiger partial charge in [-0.2, -0.15) is 11.8 Å². The largest absolute Gasteiger partial charge is 0.480 e. The standard InChI is InChI=1S/C6H13NO2S/c1-2-3-10-4-5(7)6(8)9/h5H,2-4,7H2,1H3,(H,8,9). The Balaban J connectivity index is 3.21. The molecule has 0 aromatic carbocycles. The molecule has 0 heterocycles. The highest BCUT2D eigenvalue weighted by Crippen LogP contribution is 2.02. The number of carboxylic acids is 1. The third-order valence-corrected chi connectivity index (χ3v) is 2.25. The van der Waals surface area contributed by atoms with Gasteiger partial charge in [-0.25, -0.2) is 0 Å². The van der Waals surface area contributed by atoms with Gasteiger partial charge in [0.15, 0.2) is 0 Å². The molecule has 3 N–H and O–H groups in total. The predicted octanol–water partition coefficient (Wildman–Crippen LogP) is 0.542. The second-order valence-corrected chi connectivity index (χ2v) is 3.17. The van der Waals surface area contributed by atoms with Gasteiger partial charge in [0.1, 0.15) is 6.04 Å². The van der Waals surface area contributed by atoms with E-state index in [-0.39, 0.29) is 0 Å². The number of carbonyl (C=O) groups is 1. The van der Waals surface area contributed by atoms with Crippen LogP contribution in [0.5, 0.6) is 0 Å². The fourth-order valence-electron chi connectivity index (χ4n) is 0.426. The van der Waals surface area contributed by atoms with Gasteiger partial charge in [0.2, 0.25) is 0 Å². The highest BCUT2D eigenvalue weighted by atomic mass is 32.2. The fourth-order valence-corrected chi connectivity index (χ4v) is 1.28. The van der Waals surface area contributed by atoms with Crippen molar-refractivity contribution in [2.75, 3.05) is 11.5 Å². The molecular formula is C6H13NO2S. The molecule has 0 aliphatic carbocycles. The summed E-state index contributed by atoms with van der Waals surface area (Å²) < 4.78 is 0. The Bertz CT molecular complexity index is 108. The zero-order chi connectivity index (χ0) is 7.98. The van der Waals surface area contributed by atoms with E-state index in [1.807, 2.05) is 0 Å². The number of hydrogen-bond acceptors (Lipinski definition) is 3. The summed E-state index contributed by atoms with van der Waals surface area (Å²) in [5.74, 6) is 0.591. The van der Waals surface area contributed by atoms with Crippen molar-refractivity contribution in [1.82, 2.24) is 0 Å². The zero-order valence-corrected chi connectivity index (χ0v) is 6.86.